The molecule has 1 aliphatic rings. The molecule has 1 fully saturated rings. The van der Waals surface area contributed by atoms with Gasteiger partial charge in [0.25, 0.3) is 5.91 Å². The molecule has 0 heterocycles. The van der Waals surface area contributed by atoms with Gasteiger partial charge in [-0.1, -0.05) is 32.3 Å². The Morgan fingerprint density at radius 1 is 1.21 bits per heavy atom. The fraction of sp³-hybridized carbons (Fsp3) is 0.600. The number of amides is 2. The molecule has 0 aliphatic heterocycles. The van der Waals surface area contributed by atoms with Crippen LogP contribution in [-0.2, 0) is 14.8 Å². The van der Waals surface area contributed by atoms with Crippen molar-refractivity contribution in [2.45, 2.75) is 56.4 Å². The lowest BCUT2D eigenvalue weighted by atomic mass is 9.97. The number of hydrogen-bond donors (Lipinski definition) is 2. The Kier molecular flexibility index (Phi) is 8.00. The molecule has 7 nitrogen and oxygen atoms in total. The molecule has 2 rings (SSSR count). The smallest absolute Gasteiger partial charge is 0.251 e. The second kappa shape index (κ2) is 10.0. The van der Waals surface area contributed by atoms with Crippen LogP contribution in [-0.4, -0.2) is 51.2 Å². The van der Waals surface area contributed by atoms with Crippen molar-refractivity contribution in [3.05, 3.63) is 29.8 Å². The molecule has 2 N–H and O–H groups in total. The highest BCUT2D eigenvalue weighted by molar-refractivity contribution is 7.89. The highest BCUT2D eigenvalue weighted by atomic mass is 32.2. The Labute approximate surface area is 167 Å². The summed E-state index contributed by atoms with van der Waals surface area (Å²) in [6.45, 7) is 2.04. The number of unbranched alkanes of at least 4 members (excludes halogenated alkanes) is 1. The molecule has 0 saturated heterocycles. The summed E-state index contributed by atoms with van der Waals surface area (Å²) in [5.74, 6) is -0.161. The molecular weight excluding hydrogens is 378 g/mol. The first kappa shape index (κ1) is 22.4. The monoisotopic (exact) mass is 409 g/mol. The Morgan fingerprint density at radius 2 is 1.96 bits per heavy atom. The van der Waals surface area contributed by atoms with Gasteiger partial charge in [-0.05, 0) is 43.4 Å². The van der Waals surface area contributed by atoms with Crippen LogP contribution >= 0.6 is 0 Å². The zero-order valence-corrected chi connectivity index (χ0v) is 17.7. The molecule has 0 bridgehead atoms. The van der Waals surface area contributed by atoms with Crippen LogP contribution in [0, 0.1) is 5.92 Å². The average molecular weight is 410 g/mol. The number of nitrogens with one attached hydrogen (secondary N) is 2. The first-order chi connectivity index (χ1) is 13.3. The second-order valence-electron chi connectivity index (χ2n) is 7.51. The summed E-state index contributed by atoms with van der Waals surface area (Å²) in [5, 5.41) is 5.62. The van der Waals surface area contributed by atoms with Crippen LogP contribution in [0.15, 0.2) is 29.2 Å². The normalized spacial score (nSPS) is 19.6. The Hall–Kier alpha value is -1.93. The van der Waals surface area contributed by atoms with Crippen LogP contribution in [0.4, 0.5) is 0 Å². The van der Waals surface area contributed by atoms with Gasteiger partial charge < -0.3 is 10.6 Å². The van der Waals surface area contributed by atoms with Crippen molar-refractivity contribution in [1.82, 2.24) is 14.9 Å². The standard InChI is InChI=1S/C20H31N3O4S/c1-4-5-8-15-9-7-12-18(15)22-19(24)14-21-20(25)16-10-6-11-17(13-16)28(26,27)23(2)3/h6,10-11,13,15,18H,4-5,7-9,12,14H2,1-3H3,(H,21,25)(H,22,24). The molecule has 1 saturated carbocycles. The number of rotatable bonds is 9. The van der Waals surface area contributed by atoms with E-state index in [1.165, 1.54) is 44.8 Å². The summed E-state index contributed by atoms with van der Waals surface area (Å²) >= 11 is 0. The molecule has 0 aromatic heterocycles. The topological polar surface area (TPSA) is 95.6 Å². The zero-order valence-electron chi connectivity index (χ0n) is 16.9. The Balaban J connectivity index is 1.91. The maximum absolute atomic E-state index is 12.3. The number of nitrogens with zero attached hydrogens (tertiary/aromatic N) is 1. The second-order valence-corrected chi connectivity index (χ2v) is 9.66. The molecule has 2 atom stereocenters. The molecule has 156 valence electrons. The Morgan fingerprint density at radius 3 is 2.64 bits per heavy atom. The van der Waals surface area contributed by atoms with Gasteiger partial charge in [-0.25, -0.2) is 12.7 Å². The summed E-state index contributed by atoms with van der Waals surface area (Å²) < 4.78 is 25.5. The zero-order chi connectivity index (χ0) is 20.7. The molecule has 1 aromatic carbocycles. The summed E-state index contributed by atoms with van der Waals surface area (Å²) in [6.07, 6.45) is 6.69. The van der Waals surface area contributed by atoms with E-state index in [-0.39, 0.29) is 29.0 Å². The minimum absolute atomic E-state index is 0.0410. The van der Waals surface area contributed by atoms with Crippen molar-refractivity contribution in [2.75, 3.05) is 20.6 Å². The van der Waals surface area contributed by atoms with Crippen molar-refractivity contribution in [3.63, 3.8) is 0 Å². The van der Waals surface area contributed by atoms with Crippen LogP contribution in [0.5, 0.6) is 0 Å². The molecular formula is C20H31N3O4S. The minimum atomic E-state index is -3.62. The molecule has 0 radical (unpaired) electrons. The number of sulfonamides is 1. The number of carbonyl (C=O) groups excluding carboxylic acids is 2. The first-order valence-electron chi connectivity index (χ1n) is 9.86. The van der Waals surface area contributed by atoms with Gasteiger partial charge in [0.2, 0.25) is 15.9 Å². The van der Waals surface area contributed by atoms with Crippen molar-refractivity contribution >= 4 is 21.8 Å². The van der Waals surface area contributed by atoms with E-state index in [1.54, 1.807) is 0 Å². The van der Waals surface area contributed by atoms with Crippen LogP contribution in [0.2, 0.25) is 0 Å². The van der Waals surface area contributed by atoms with Crippen molar-refractivity contribution in [3.8, 4) is 0 Å². The van der Waals surface area contributed by atoms with Gasteiger partial charge in [0, 0.05) is 25.7 Å². The lowest BCUT2D eigenvalue weighted by Gasteiger charge is -2.21. The Bertz CT molecular complexity index is 792. The highest BCUT2D eigenvalue weighted by Gasteiger charge is 2.28. The highest BCUT2D eigenvalue weighted by Crippen LogP contribution is 2.29. The fourth-order valence-corrected chi connectivity index (χ4v) is 4.52. The average Bonchev–Trinajstić information content (AvgIpc) is 3.11. The van der Waals surface area contributed by atoms with E-state index in [4.69, 9.17) is 0 Å². The number of benzene rings is 1. The largest absolute Gasteiger partial charge is 0.352 e. The molecule has 2 unspecified atom stereocenters. The predicted octanol–water partition coefficient (Wildman–Crippen LogP) is 2.14. The van der Waals surface area contributed by atoms with Crippen LogP contribution in [0.3, 0.4) is 0 Å². The number of carbonyl (C=O) groups is 2. The van der Waals surface area contributed by atoms with E-state index in [0.29, 0.717) is 5.92 Å². The molecule has 1 aliphatic carbocycles. The van der Waals surface area contributed by atoms with Crippen LogP contribution < -0.4 is 10.6 Å². The van der Waals surface area contributed by atoms with Crippen LogP contribution in [0.1, 0.15) is 55.8 Å². The van der Waals surface area contributed by atoms with Crippen molar-refractivity contribution in [1.29, 1.82) is 0 Å². The molecule has 2 amide bonds. The van der Waals surface area contributed by atoms with E-state index >= 15 is 0 Å². The first-order valence-corrected chi connectivity index (χ1v) is 11.3. The van der Waals surface area contributed by atoms with Gasteiger partial charge in [-0.3, -0.25) is 9.59 Å². The van der Waals surface area contributed by atoms with Gasteiger partial charge in [-0.2, -0.15) is 0 Å². The maximum Gasteiger partial charge on any atom is 0.251 e. The van der Waals surface area contributed by atoms with Gasteiger partial charge in [0.15, 0.2) is 0 Å². The van der Waals surface area contributed by atoms with Gasteiger partial charge in [-0.15, -0.1) is 0 Å². The lowest BCUT2D eigenvalue weighted by Crippen LogP contribution is -2.43. The SMILES string of the molecule is CCCCC1CCCC1NC(=O)CNC(=O)c1cccc(S(=O)(=O)N(C)C)c1. The van der Waals surface area contributed by atoms with Gasteiger partial charge in [0.05, 0.1) is 11.4 Å². The van der Waals surface area contributed by atoms with E-state index in [0.717, 1.165) is 36.4 Å². The summed E-state index contributed by atoms with van der Waals surface area (Å²) in [4.78, 5) is 24.6. The van der Waals surface area contributed by atoms with Crippen LogP contribution in [0.25, 0.3) is 0 Å². The molecule has 8 heteroatoms. The maximum atomic E-state index is 12.3. The van der Waals surface area contributed by atoms with Gasteiger partial charge >= 0.3 is 0 Å². The van der Waals surface area contributed by atoms with E-state index in [2.05, 4.69) is 17.6 Å². The minimum Gasteiger partial charge on any atom is -0.352 e. The third kappa shape index (κ3) is 5.78. The van der Waals surface area contributed by atoms with E-state index in [1.807, 2.05) is 0 Å². The van der Waals surface area contributed by atoms with Gasteiger partial charge in [0.1, 0.15) is 0 Å². The van der Waals surface area contributed by atoms with Crippen molar-refractivity contribution < 1.29 is 18.0 Å². The predicted molar refractivity (Wildman–Crippen MR) is 108 cm³/mol. The van der Waals surface area contributed by atoms with Crippen molar-refractivity contribution in [2.24, 2.45) is 5.92 Å². The van der Waals surface area contributed by atoms with E-state index in [9.17, 15) is 18.0 Å². The molecule has 1 aromatic rings. The van der Waals surface area contributed by atoms with E-state index < -0.39 is 15.9 Å². The summed E-state index contributed by atoms with van der Waals surface area (Å²) in [5.41, 5.74) is 0.206. The third-order valence-corrected chi connectivity index (χ3v) is 7.03. The molecule has 0 spiro atoms. The summed E-state index contributed by atoms with van der Waals surface area (Å²) in [7, 11) is -0.752. The third-order valence-electron chi connectivity index (χ3n) is 5.22. The fourth-order valence-electron chi connectivity index (χ4n) is 3.57. The quantitative estimate of drug-likeness (QED) is 0.653. The number of hydrogen-bond acceptors (Lipinski definition) is 4. The summed E-state index contributed by atoms with van der Waals surface area (Å²) in [6, 6.07) is 5.99. The lowest BCUT2D eigenvalue weighted by molar-refractivity contribution is -0.121. The molecule has 28 heavy (non-hydrogen) atoms.